The maximum absolute atomic E-state index is 13.3. The first-order valence-corrected chi connectivity index (χ1v) is 7.59. The lowest BCUT2D eigenvalue weighted by molar-refractivity contribution is 0.628. The quantitative estimate of drug-likeness (QED) is 0.706. The highest BCUT2D eigenvalue weighted by Crippen LogP contribution is 2.27. The van der Waals surface area contributed by atoms with Crippen LogP contribution in [0.1, 0.15) is 11.3 Å². The number of rotatable bonds is 3. The van der Waals surface area contributed by atoms with Crippen molar-refractivity contribution in [3.63, 3.8) is 0 Å². The van der Waals surface area contributed by atoms with Gasteiger partial charge in [0.05, 0.1) is 12.2 Å². The van der Waals surface area contributed by atoms with Crippen LogP contribution in [0.5, 0.6) is 0 Å². The molecular formula is C17H16BrFN2. The topological polar surface area (TPSA) is 17.0 Å². The summed E-state index contributed by atoms with van der Waals surface area (Å²) in [6.07, 6.45) is 0. The van der Waals surface area contributed by atoms with Gasteiger partial charge in [0.1, 0.15) is 5.82 Å². The molecule has 0 spiro atoms. The molecule has 108 valence electrons. The van der Waals surface area contributed by atoms with Crippen LogP contribution in [0.25, 0.3) is 10.9 Å². The van der Waals surface area contributed by atoms with E-state index < -0.39 is 0 Å². The van der Waals surface area contributed by atoms with Crippen LogP contribution in [0, 0.1) is 12.7 Å². The van der Waals surface area contributed by atoms with Gasteiger partial charge in [0, 0.05) is 28.1 Å². The fourth-order valence-electron chi connectivity index (χ4n) is 2.70. The number of nitrogens with zero attached hydrogens (tertiary/aromatic N) is 1. The first-order chi connectivity index (χ1) is 10.1. The number of hydrogen-bond donors (Lipinski definition) is 1. The van der Waals surface area contributed by atoms with Gasteiger partial charge in [0.2, 0.25) is 0 Å². The minimum Gasteiger partial charge on any atom is -0.378 e. The van der Waals surface area contributed by atoms with E-state index in [1.807, 2.05) is 6.07 Å². The second-order valence-corrected chi connectivity index (χ2v) is 5.98. The average molecular weight is 347 g/mol. The van der Waals surface area contributed by atoms with Gasteiger partial charge >= 0.3 is 0 Å². The van der Waals surface area contributed by atoms with E-state index in [1.54, 1.807) is 6.07 Å². The van der Waals surface area contributed by atoms with Gasteiger partial charge in [-0.1, -0.05) is 18.2 Å². The Hall–Kier alpha value is -1.81. The summed E-state index contributed by atoms with van der Waals surface area (Å²) in [7, 11) is 2.06. The van der Waals surface area contributed by atoms with E-state index in [1.165, 1.54) is 34.3 Å². The van der Waals surface area contributed by atoms with Crippen molar-refractivity contribution >= 4 is 32.5 Å². The molecular weight excluding hydrogens is 331 g/mol. The summed E-state index contributed by atoms with van der Waals surface area (Å²) in [5.74, 6) is -0.241. The highest BCUT2D eigenvalue weighted by Gasteiger charge is 2.11. The van der Waals surface area contributed by atoms with Gasteiger partial charge in [-0.25, -0.2) is 4.39 Å². The minimum absolute atomic E-state index is 0.241. The average Bonchev–Trinajstić information content (AvgIpc) is 2.73. The Morgan fingerprint density at radius 1 is 1.19 bits per heavy atom. The van der Waals surface area contributed by atoms with Crippen molar-refractivity contribution in [1.82, 2.24) is 4.57 Å². The van der Waals surface area contributed by atoms with E-state index in [-0.39, 0.29) is 5.82 Å². The Kier molecular flexibility index (Phi) is 3.72. The highest BCUT2D eigenvalue weighted by molar-refractivity contribution is 9.10. The van der Waals surface area contributed by atoms with E-state index in [2.05, 4.69) is 58.0 Å². The maximum atomic E-state index is 13.3. The Balaban J connectivity index is 1.94. The number of aromatic nitrogens is 1. The zero-order chi connectivity index (χ0) is 15.0. The second kappa shape index (κ2) is 5.53. The first-order valence-electron chi connectivity index (χ1n) is 6.79. The van der Waals surface area contributed by atoms with Crippen molar-refractivity contribution in [3.8, 4) is 0 Å². The van der Waals surface area contributed by atoms with E-state index >= 15 is 0 Å². The van der Waals surface area contributed by atoms with Crippen LogP contribution in [0.3, 0.4) is 0 Å². The SMILES string of the molecule is Cc1c(CNc2cc(F)ccc2Br)n(C)c2ccccc12. The lowest BCUT2D eigenvalue weighted by atomic mass is 10.1. The van der Waals surface area contributed by atoms with Crippen LogP contribution in [-0.4, -0.2) is 4.57 Å². The Bertz CT molecular complexity index is 769. The van der Waals surface area contributed by atoms with E-state index in [0.29, 0.717) is 6.54 Å². The number of fused-ring (bicyclic) bond motifs is 1. The highest BCUT2D eigenvalue weighted by atomic mass is 79.9. The Labute approximate surface area is 131 Å². The molecule has 3 aromatic rings. The van der Waals surface area contributed by atoms with Gasteiger partial charge in [0.15, 0.2) is 0 Å². The predicted molar refractivity (Wildman–Crippen MR) is 89.1 cm³/mol. The van der Waals surface area contributed by atoms with Gasteiger partial charge in [-0.2, -0.15) is 0 Å². The molecule has 3 rings (SSSR count). The molecule has 0 amide bonds. The van der Waals surface area contributed by atoms with Crippen molar-refractivity contribution in [2.75, 3.05) is 5.32 Å². The molecule has 0 atom stereocenters. The number of anilines is 1. The summed E-state index contributed by atoms with van der Waals surface area (Å²) in [4.78, 5) is 0. The molecule has 0 saturated carbocycles. The van der Waals surface area contributed by atoms with E-state index in [4.69, 9.17) is 0 Å². The van der Waals surface area contributed by atoms with Gasteiger partial charge in [-0.15, -0.1) is 0 Å². The second-order valence-electron chi connectivity index (χ2n) is 5.13. The fourth-order valence-corrected chi connectivity index (χ4v) is 3.09. The third-order valence-electron chi connectivity index (χ3n) is 3.88. The molecule has 0 saturated heterocycles. The van der Waals surface area contributed by atoms with Gasteiger partial charge in [-0.3, -0.25) is 0 Å². The van der Waals surface area contributed by atoms with Gasteiger partial charge < -0.3 is 9.88 Å². The first kappa shape index (κ1) is 14.1. The predicted octanol–water partition coefficient (Wildman–Crippen LogP) is 5.00. The monoisotopic (exact) mass is 346 g/mol. The van der Waals surface area contributed by atoms with Gasteiger partial charge in [0.25, 0.3) is 0 Å². The summed E-state index contributed by atoms with van der Waals surface area (Å²) < 4.78 is 16.4. The van der Waals surface area contributed by atoms with Crippen molar-refractivity contribution < 1.29 is 4.39 Å². The van der Waals surface area contributed by atoms with Crippen LogP contribution in [-0.2, 0) is 13.6 Å². The molecule has 4 heteroatoms. The largest absolute Gasteiger partial charge is 0.378 e. The lowest BCUT2D eigenvalue weighted by Gasteiger charge is -2.11. The molecule has 2 aromatic carbocycles. The zero-order valence-electron chi connectivity index (χ0n) is 12.0. The van der Waals surface area contributed by atoms with E-state index in [0.717, 1.165) is 10.2 Å². The summed E-state index contributed by atoms with van der Waals surface area (Å²) in [5.41, 5.74) is 4.44. The maximum Gasteiger partial charge on any atom is 0.125 e. The molecule has 0 aliphatic heterocycles. The molecule has 0 radical (unpaired) electrons. The van der Waals surface area contributed by atoms with Crippen LogP contribution in [0.2, 0.25) is 0 Å². The summed E-state index contributed by atoms with van der Waals surface area (Å²) in [6, 6.07) is 13.0. The van der Waals surface area contributed by atoms with Crippen LogP contribution < -0.4 is 5.32 Å². The van der Waals surface area contributed by atoms with Gasteiger partial charge in [-0.05, 0) is 52.7 Å². The summed E-state index contributed by atoms with van der Waals surface area (Å²) in [5, 5.41) is 4.56. The fraction of sp³-hybridized carbons (Fsp3) is 0.176. The third kappa shape index (κ3) is 2.56. The van der Waals surface area contributed by atoms with Crippen LogP contribution in [0.4, 0.5) is 10.1 Å². The number of benzene rings is 2. The molecule has 1 aromatic heterocycles. The molecule has 0 bridgehead atoms. The van der Waals surface area contributed by atoms with Crippen LogP contribution in [0.15, 0.2) is 46.9 Å². The normalized spacial score (nSPS) is 11.0. The lowest BCUT2D eigenvalue weighted by Crippen LogP contribution is -2.06. The van der Waals surface area contributed by atoms with E-state index in [9.17, 15) is 4.39 Å². The number of halogens is 2. The molecule has 1 heterocycles. The van der Waals surface area contributed by atoms with Crippen molar-refractivity contribution in [3.05, 3.63) is 64.0 Å². The van der Waals surface area contributed by atoms with Crippen molar-refractivity contribution in [2.24, 2.45) is 7.05 Å². The zero-order valence-corrected chi connectivity index (χ0v) is 13.5. The molecule has 0 unspecified atom stereocenters. The van der Waals surface area contributed by atoms with Crippen molar-refractivity contribution in [1.29, 1.82) is 0 Å². The standard InChI is InChI=1S/C17H16BrFN2/c1-11-13-5-3-4-6-16(13)21(2)17(11)10-20-15-9-12(19)7-8-14(15)18/h3-9,20H,10H2,1-2H3. The van der Waals surface area contributed by atoms with Crippen LogP contribution >= 0.6 is 15.9 Å². The molecule has 2 nitrogen and oxygen atoms in total. The third-order valence-corrected chi connectivity index (χ3v) is 4.57. The molecule has 1 N–H and O–H groups in total. The Morgan fingerprint density at radius 2 is 1.95 bits per heavy atom. The number of hydrogen-bond acceptors (Lipinski definition) is 1. The molecule has 0 aliphatic rings. The summed E-state index contributed by atoms with van der Waals surface area (Å²) in [6.45, 7) is 2.78. The number of para-hydroxylation sites is 1. The number of nitrogens with one attached hydrogen (secondary N) is 1. The smallest absolute Gasteiger partial charge is 0.125 e. The number of aryl methyl sites for hydroxylation is 2. The molecule has 0 fully saturated rings. The molecule has 0 aliphatic carbocycles. The Morgan fingerprint density at radius 3 is 2.71 bits per heavy atom. The molecule has 21 heavy (non-hydrogen) atoms. The minimum atomic E-state index is -0.241. The summed E-state index contributed by atoms with van der Waals surface area (Å²) >= 11 is 3.44. The van der Waals surface area contributed by atoms with Crippen molar-refractivity contribution in [2.45, 2.75) is 13.5 Å².